The zero-order valence-corrected chi connectivity index (χ0v) is 12.2. The summed E-state index contributed by atoms with van der Waals surface area (Å²) >= 11 is 8.14. The average Bonchev–Trinajstić information content (AvgIpc) is 2.26. The molecule has 0 aromatic heterocycles. The molecule has 3 N–H and O–H groups in total. The normalized spacial score (nSPS) is 18.7. The maximum absolute atomic E-state index is 7.70. The van der Waals surface area contributed by atoms with Crippen molar-refractivity contribution in [3.8, 4) is 0 Å². The molecule has 0 bridgehead atoms. The van der Waals surface area contributed by atoms with Gasteiger partial charge in [0.05, 0.1) is 10.6 Å². The van der Waals surface area contributed by atoms with E-state index in [0.29, 0.717) is 10.6 Å². The molecule has 1 aromatic rings. The van der Waals surface area contributed by atoms with E-state index >= 15 is 0 Å². The predicted molar refractivity (Wildman–Crippen MR) is 81.2 cm³/mol. The fraction of sp³-hybridized carbons (Fsp3) is 0.462. The van der Waals surface area contributed by atoms with Crippen molar-refractivity contribution in [3.05, 3.63) is 28.8 Å². The van der Waals surface area contributed by atoms with Crippen LogP contribution in [0.4, 0.5) is 5.69 Å². The van der Waals surface area contributed by atoms with E-state index < -0.39 is 0 Å². The number of hydrogen-bond acceptors (Lipinski definition) is 3. The lowest BCUT2D eigenvalue weighted by Crippen LogP contribution is -2.43. The van der Waals surface area contributed by atoms with Gasteiger partial charge >= 0.3 is 0 Å². The number of nitrogen functional groups attached to an aromatic ring is 1. The van der Waals surface area contributed by atoms with Crippen LogP contribution < -0.4 is 10.6 Å². The number of nitrogens with two attached hydrogens (primary N) is 1. The first-order valence-corrected chi connectivity index (χ1v) is 7.29. The molecule has 1 aliphatic heterocycles. The number of rotatable bonds is 2. The van der Waals surface area contributed by atoms with E-state index in [4.69, 9.17) is 22.7 Å². The summed E-state index contributed by atoms with van der Waals surface area (Å²) in [6.07, 6.45) is 0. The molecule has 18 heavy (non-hydrogen) atoms. The largest absolute Gasteiger partial charge is 0.384 e. The molecule has 5 heteroatoms. The van der Waals surface area contributed by atoms with Crippen LogP contribution in [0, 0.1) is 5.41 Å². The maximum Gasteiger partial charge on any atom is 0.126 e. The van der Waals surface area contributed by atoms with Gasteiger partial charge in [0.1, 0.15) is 5.84 Å². The number of halogens is 1. The van der Waals surface area contributed by atoms with Crippen molar-refractivity contribution in [2.24, 2.45) is 5.73 Å². The Hall–Kier alpha value is -0.870. The number of nitrogens with one attached hydrogen (secondary N) is 1. The van der Waals surface area contributed by atoms with Gasteiger partial charge in [-0.25, -0.2) is 0 Å². The van der Waals surface area contributed by atoms with Gasteiger partial charge in [-0.05, 0) is 26.0 Å². The molecule has 98 valence electrons. The van der Waals surface area contributed by atoms with E-state index in [-0.39, 0.29) is 10.6 Å². The zero-order chi connectivity index (χ0) is 13.3. The van der Waals surface area contributed by atoms with Gasteiger partial charge in [0.2, 0.25) is 0 Å². The second-order valence-corrected chi connectivity index (χ2v) is 7.29. The van der Waals surface area contributed by atoms with Crippen molar-refractivity contribution in [1.29, 1.82) is 5.41 Å². The van der Waals surface area contributed by atoms with E-state index in [2.05, 4.69) is 18.7 Å². The number of nitrogens with zero attached hydrogens (tertiary/aromatic N) is 1. The Kier molecular flexibility index (Phi) is 3.78. The summed E-state index contributed by atoms with van der Waals surface area (Å²) in [5.41, 5.74) is 7.29. The summed E-state index contributed by atoms with van der Waals surface area (Å²) < 4.78 is 0.217. The maximum atomic E-state index is 7.70. The van der Waals surface area contributed by atoms with Crippen LogP contribution in [0.1, 0.15) is 19.4 Å². The summed E-state index contributed by atoms with van der Waals surface area (Å²) in [5.74, 6) is 1.11. The van der Waals surface area contributed by atoms with Gasteiger partial charge in [-0.15, -0.1) is 0 Å². The van der Waals surface area contributed by atoms with Gasteiger partial charge < -0.3 is 10.6 Å². The molecule has 0 unspecified atom stereocenters. The van der Waals surface area contributed by atoms with E-state index in [1.807, 2.05) is 23.9 Å². The summed E-state index contributed by atoms with van der Waals surface area (Å²) in [6.45, 7) is 6.39. The van der Waals surface area contributed by atoms with Crippen LogP contribution in [0.25, 0.3) is 0 Å². The molecule has 0 radical (unpaired) electrons. The number of thioether (sulfide) groups is 1. The molecule has 0 amide bonds. The SMILES string of the molecule is CC1(C)CN(c2cccc(Cl)c2C(=N)N)CCS1. The number of hydrogen-bond donors (Lipinski definition) is 2. The fourth-order valence-electron chi connectivity index (χ4n) is 2.26. The van der Waals surface area contributed by atoms with Gasteiger partial charge in [-0.3, -0.25) is 5.41 Å². The topological polar surface area (TPSA) is 53.1 Å². The Morgan fingerprint density at radius 1 is 1.50 bits per heavy atom. The molecule has 0 aliphatic carbocycles. The molecule has 1 heterocycles. The highest BCUT2D eigenvalue weighted by molar-refractivity contribution is 8.00. The minimum Gasteiger partial charge on any atom is -0.384 e. The molecule has 0 spiro atoms. The molecule has 1 aliphatic rings. The lowest BCUT2D eigenvalue weighted by Gasteiger charge is -2.39. The van der Waals surface area contributed by atoms with E-state index in [1.165, 1.54) is 0 Å². The first-order valence-electron chi connectivity index (χ1n) is 5.92. The Morgan fingerprint density at radius 2 is 2.22 bits per heavy atom. The average molecular weight is 284 g/mol. The van der Waals surface area contributed by atoms with Crippen molar-refractivity contribution >= 4 is 34.9 Å². The van der Waals surface area contributed by atoms with E-state index in [9.17, 15) is 0 Å². The number of benzene rings is 1. The minimum atomic E-state index is 0.0339. The molecular formula is C13H18ClN3S. The summed E-state index contributed by atoms with van der Waals surface area (Å²) in [4.78, 5) is 2.28. The summed E-state index contributed by atoms with van der Waals surface area (Å²) in [6, 6.07) is 5.69. The standard InChI is InChI=1S/C13H18ClN3S/c1-13(2)8-17(6-7-18-13)10-5-3-4-9(14)11(10)12(15)16/h3-5H,6-8H2,1-2H3,(H3,15,16). The van der Waals surface area contributed by atoms with Crippen LogP contribution in [0.15, 0.2) is 18.2 Å². The molecule has 3 nitrogen and oxygen atoms in total. The smallest absolute Gasteiger partial charge is 0.126 e. The van der Waals surface area contributed by atoms with Crippen molar-refractivity contribution in [3.63, 3.8) is 0 Å². The van der Waals surface area contributed by atoms with E-state index in [0.717, 1.165) is 24.5 Å². The highest BCUT2D eigenvalue weighted by Crippen LogP contribution is 2.35. The molecule has 2 rings (SSSR count). The Morgan fingerprint density at radius 3 is 2.83 bits per heavy atom. The van der Waals surface area contributed by atoms with Crippen LogP contribution in [0.2, 0.25) is 5.02 Å². The van der Waals surface area contributed by atoms with Crippen molar-refractivity contribution in [1.82, 2.24) is 0 Å². The second kappa shape index (κ2) is 5.02. The molecule has 0 saturated carbocycles. The van der Waals surface area contributed by atoms with Gasteiger partial charge in [0, 0.05) is 29.3 Å². The molecular weight excluding hydrogens is 266 g/mol. The second-order valence-electron chi connectivity index (χ2n) is 5.08. The third kappa shape index (κ3) is 2.75. The quantitative estimate of drug-likeness (QED) is 0.648. The Bertz CT molecular complexity index is 473. The first-order chi connectivity index (χ1) is 8.41. The van der Waals surface area contributed by atoms with Crippen LogP contribution in [-0.4, -0.2) is 29.4 Å². The first kappa shape index (κ1) is 13.6. The summed E-state index contributed by atoms with van der Waals surface area (Å²) in [7, 11) is 0. The van der Waals surface area contributed by atoms with E-state index in [1.54, 1.807) is 6.07 Å². The molecule has 1 fully saturated rings. The third-order valence-electron chi connectivity index (χ3n) is 3.03. The molecule has 1 aromatic carbocycles. The number of amidine groups is 1. The predicted octanol–water partition coefficient (Wildman–Crippen LogP) is 2.96. The van der Waals surface area contributed by atoms with Gasteiger partial charge in [0.25, 0.3) is 0 Å². The highest BCUT2D eigenvalue weighted by Gasteiger charge is 2.28. The minimum absolute atomic E-state index is 0.0339. The summed E-state index contributed by atoms with van der Waals surface area (Å²) in [5, 5.41) is 8.25. The fourth-order valence-corrected chi connectivity index (χ4v) is 3.65. The molecule has 0 atom stereocenters. The van der Waals surface area contributed by atoms with Gasteiger partial charge in [-0.2, -0.15) is 11.8 Å². The number of anilines is 1. The van der Waals surface area contributed by atoms with Crippen LogP contribution in [0.5, 0.6) is 0 Å². The van der Waals surface area contributed by atoms with Crippen molar-refractivity contribution < 1.29 is 0 Å². The monoisotopic (exact) mass is 283 g/mol. The zero-order valence-electron chi connectivity index (χ0n) is 10.7. The van der Waals surface area contributed by atoms with Crippen LogP contribution >= 0.6 is 23.4 Å². The lowest BCUT2D eigenvalue weighted by atomic mass is 10.1. The lowest BCUT2D eigenvalue weighted by molar-refractivity contribution is 0.647. The van der Waals surface area contributed by atoms with Crippen molar-refractivity contribution in [2.45, 2.75) is 18.6 Å². The van der Waals surface area contributed by atoms with Crippen LogP contribution in [0.3, 0.4) is 0 Å². The van der Waals surface area contributed by atoms with Crippen molar-refractivity contribution in [2.75, 3.05) is 23.7 Å². The third-order valence-corrected chi connectivity index (χ3v) is 4.64. The van der Waals surface area contributed by atoms with Crippen LogP contribution in [-0.2, 0) is 0 Å². The van der Waals surface area contributed by atoms with Gasteiger partial charge in [-0.1, -0.05) is 17.7 Å². The molecule has 1 saturated heterocycles. The Labute approximate surface area is 117 Å². The van der Waals surface area contributed by atoms with Gasteiger partial charge in [0.15, 0.2) is 0 Å². The highest BCUT2D eigenvalue weighted by atomic mass is 35.5. The Balaban J connectivity index is 2.39.